The van der Waals surface area contributed by atoms with Gasteiger partial charge in [-0.05, 0) is 157 Å². The van der Waals surface area contributed by atoms with E-state index in [-0.39, 0.29) is 28.4 Å². The van der Waals surface area contributed by atoms with Crippen molar-refractivity contribution in [2.24, 2.45) is 0 Å². The van der Waals surface area contributed by atoms with E-state index in [1.807, 2.05) is 0 Å². The molecular formula is C82H76BN5. The number of aromatic nitrogens is 2. The highest BCUT2D eigenvalue weighted by atomic mass is 15.2. The summed E-state index contributed by atoms with van der Waals surface area (Å²) in [5.41, 5.74) is 25.7. The number of para-hydroxylation sites is 8. The van der Waals surface area contributed by atoms with Gasteiger partial charge in [-0.1, -0.05) is 229 Å². The molecule has 432 valence electrons. The fourth-order valence-electron chi connectivity index (χ4n) is 14.2. The number of nitrogens with zero attached hydrogens (tertiary/aromatic N) is 5. The molecule has 13 aromatic rings. The first kappa shape index (κ1) is 55.1. The van der Waals surface area contributed by atoms with Crippen molar-refractivity contribution in [1.82, 2.24) is 9.13 Å². The summed E-state index contributed by atoms with van der Waals surface area (Å²) in [5.74, 6) is 0. The van der Waals surface area contributed by atoms with Crippen LogP contribution >= 0.6 is 0 Å². The van der Waals surface area contributed by atoms with Gasteiger partial charge in [-0.3, -0.25) is 0 Å². The number of fused-ring (bicyclic) bond motifs is 10. The Morgan fingerprint density at radius 3 is 0.864 bits per heavy atom. The first-order chi connectivity index (χ1) is 42.2. The van der Waals surface area contributed by atoms with Crippen LogP contribution in [0.2, 0.25) is 0 Å². The van der Waals surface area contributed by atoms with Crippen LogP contribution in [0, 0.1) is 0 Å². The van der Waals surface area contributed by atoms with Gasteiger partial charge in [0, 0.05) is 55.7 Å². The topological polar surface area (TPSA) is 19.6 Å². The molecule has 88 heavy (non-hydrogen) atoms. The Kier molecular flexibility index (Phi) is 12.5. The van der Waals surface area contributed by atoms with E-state index in [1.54, 1.807) is 0 Å². The van der Waals surface area contributed by atoms with Crippen LogP contribution in [0.1, 0.15) is 105 Å². The number of hydrogen-bond acceptors (Lipinski definition) is 3. The molecule has 0 saturated heterocycles. The summed E-state index contributed by atoms with van der Waals surface area (Å²) in [6.07, 6.45) is 0. The van der Waals surface area contributed by atoms with Gasteiger partial charge in [-0.2, -0.15) is 0 Å². The minimum absolute atomic E-state index is 0.0671. The Labute approximate surface area is 519 Å². The Morgan fingerprint density at radius 1 is 0.261 bits per heavy atom. The third-order valence-corrected chi connectivity index (χ3v) is 18.9. The molecule has 11 aromatic carbocycles. The van der Waals surface area contributed by atoms with Gasteiger partial charge in [-0.25, -0.2) is 0 Å². The van der Waals surface area contributed by atoms with Gasteiger partial charge < -0.3 is 23.8 Å². The van der Waals surface area contributed by atoms with Crippen LogP contribution in [0.5, 0.6) is 0 Å². The number of hydrogen-bond donors (Lipinski definition) is 0. The molecule has 6 heteroatoms. The molecule has 4 heterocycles. The minimum atomic E-state index is -0.103. The van der Waals surface area contributed by atoms with Crippen molar-refractivity contribution in [3.05, 3.63) is 265 Å². The fraction of sp³-hybridized carbons (Fsp3) is 0.195. The summed E-state index contributed by atoms with van der Waals surface area (Å²) in [7, 11) is 0. The zero-order chi connectivity index (χ0) is 60.8. The minimum Gasteiger partial charge on any atom is -0.310 e. The lowest BCUT2D eigenvalue weighted by Gasteiger charge is -2.45. The third-order valence-electron chi connectivity index (χ3n) is 18.9. The fourth-order valence-corrected chi connectivity index (χ4v) is 14.2. The monoisotopic (exact) mass is 1140 g/mol. The van der Waals surface area contributed by atoms with Crippen LogP contribution in [-0.2, 0) is 21.7 Å². The van der Waals surface area contributed by atoms with E-state index in [9.17, 15) is 0 Å². The molecule has 0 bridgehead atoms. The second-order valence-corrected chi connectivity index (χ2v) is 28.7. The predicted molar refractivity (Wildman–Crippen MR) is 379 cm³/mol. The van der Waals surface area contributed by atoms with Crippen molar-refractivity contribution in [1.29, 1.82) is 0 Å². The van der Waals surface area contributed by atoms with E-state index in [0.29, 0.717) is 0 Å². The van der Waals surface area contributed by atoms with Crippen molar-refractivity contribution in [2.45, 2.75) is 105 Å². The van der Waals surface area contributed by atoms with Crippen molar-refractivity contribution in [3.8, 4) is 11.4 Å². The molecule has 0 saturated carbocycles. The zero-order valence-corrected chi connectivity index (χ0v) is 52.9. The number of anilines is 9. The van der Waals surface area contributed by atoms with E-state index in [4.69, 9.17) is 0 Å². The normalized spacial score (nSPS) is 13.4. The van der Waals surface area contributed by atoms with Crippen LogP contribution in [0.3, 0.4) is 0 Å². The summed E-state index contributed by atoms with van der Waals surface area (Å²) in [6.45, 7) is 27.8. The van der Waals surface area contributed by atoms with Crippen LogP contribution in [0.4, 0.5) is 51.2 Å². The van der Waals surface area contributed by atoms with E-state index in [2.05, 4.69) is 350 Å². The van der Waals surface area contributed by atoms with Crippen LogP contribution in [-0.4, -0.2) is 15.8 Å². The molecule has 15 rings (SSSR count). The SMILES string of the molecule is CC(C)(C)c1ccc2c3ccc(C(C)(C)C)cc3n(-c3ccccc3N3c4ccccc4B4c5ccccc5N(c5ccccc5-n5c6cc(C(C)(C)C)ccc6c6ccc(C(C)(C)C)cc65)c5cc(N(c6ccccc6)c6ccccc6)cc3c54)c2c1. The lowest BCUT2D eigenvalue weighted by Crippen LogP contribution is -2.61. The molecular weight excluding hydrogens is 1070 g/mol. The summed E-state index contributed by atoms with van der Waals surface area (Å²) < 4.78 is 5.16. The molecule has 5 nitrogen and oxygen atoms in total. The number of rotatable bonds is 7. The maximum atomic E-state index is 2.61. The standard InChI is InChI=1S/C82H76BN5/c1-79(2,3)53-39-43-60-61-44-40-54(80(4,5)6)48-73(61)87(72(60)47-53)70-37-25-23-35-68(70)85-66-33-21-19-31-64(66)83-65-32-20-22-34-67(65)86(77-52-59(51-76(85)78(77)83)84(57-27-15-13-16-28-57)58-29-17-14-18-30-58)69-36-24-26-38-71(69)88-74-49-55(81(7,8)9)41-45-62(74)63-46-42-56(50-75(63)88)82(10,11)12/h13-52H,1-12H3. The largest absolute Gasteiger partial charge is 0.310 e. The molecule has 0 spiro atoms. The summed E-state index contributed by atoms with van der Waals surface area (Å²) >= 11 is 0. The van der Waals surface area contributed by atoms with E-state index in [1.165, 1.54) is 82.3 Å². The summed E-state index contributed by atoms with van der Waals surface area (Å²) in [5, 5.41) is 4.99. The molecule has 0 aliphatic carbocycles. The molecule has 0 radical (unpaired) electrons. The van der Waals surface area contributed by atoms with Gasteiger partial charge in [0.15, 0.2) is 0 Å². The Morgan fingerprint density at radius 2 is 0.545 bits per heavy atom. The molecule has 2 aliphatic rings. The maximum Gasteiger partial charge on any atom is 0.252 e. The number of benzene rings is 11. The Balaban J connectivity index is 1.07. The van der Waals surface area contributed by atoms with Crippen molar-refractivity contribution in [2.75, 3.05) is 14.7 Å². The summed E-state index contributed by atoms with van der Waals surface area (Å²) in [6, 6.07) is 92.3. The quantitative estimate of drug-likeness (QED) is 0.148. The summed E-state index contributed by atoms with van der Waals surface area (Å²) in [4.78, 5) is 7.68. The Hall–Kier alpha value is -9.52. The molecule has 0 N–H and O–H groups in total. The van der Waals surface area contributed by atoms with Gasteiger partial charge >= 0.3 is 0 Å². The highest BCUT2D eigenvalue weighted by molar-refractivity contribution is 7.00. The molecule has 0 fully saturated rings. The van der Waals surface area contributed by atoms with Crippen LogP contribution in [0.25, 0.3) is 55.0 Å². The van der Waals surface area contributed by atoms with Crippen molar-refractivity contribution < 1.29 is 0 Å². The van der Waals surface area contributed by atoms with Crippen LogP contribution < -0.4 is 31.1 Å². The maximum absolute atomic E-state index is 2.61. The smallest absolute Gasteiger partial charge is 0.252 e. The molecule has 0 unspecified atom stereocenters. The first-order valence-electron chi connectivity index (χ1n) is 31.5. The average Bonchev–Trinajstić information content (AvgIpc) is 1.21. The second-order valence-electron chi connectivity index (χ2n) is 28.7. The van der Waals surface area contributed by atoms with Gasteiger partial charge in [0.05, 0.1) is 50.5 Å². The lowest BCUT2D eigenvalue weighted by atomic mass is 9.33. The van der Waals surface area contributed by atoms with Gasteiger partial charge in [0.1, 0.15) is 0 Å². The van der Waals surface area contributed by atoms with E-state index in [0.717, 1.165) is 62.6 Å². The lowest BCUT2D eigenvalue weighted by molar-refractivity contribution is 0.590. The molecule has 0 atom stereocenters. The highest BCUT2D eigenvalue weighted by Gasteiger charge is 2.45. The molecule has 2 aliphatic heterocycles. The van der Waals surface area contributed by atoms with Gasteiger partial charge in [0.2, 0.25) is 0 Å². The third kappa shape index (κ3) is 8.80. The van der Waals surface area contributed by atoms with Gasteiger partial charge in [-0.15, -0.1) is 0 Å². The molecule has 0 amide bonds. The predicted octanol–water partition coefficient (Wildman–Crippen LogP) is 20.6. The zero-order valence-electron chi connectivity index (χ0n) is 52.9. The first-order valence-corrected chi connectivity index (χ1v) is 31.5. The van der Waals surface area contributed by atoms with E-state index >= 15 is 0 Å². The van der Waals surface area contributed by atoms with Crippen LogP contribution in [0.15, 0.2) is 243 Å². The van der Waals surface area contributed by atoms with E-state index < -0.39 is 0 Å². The molecule has 2 aromatic heterocycles. The van der Waals surface area contributed by atoms with Crippen molar-refractivity contribution in [3.63, 3.8) is 0 Å². The Bertz CT molecular complexity index is 4470. The highest BCUT2D eigenvalue weighted by Crippen LogP contribution is 2.52. The van der Waals surface area contributed by atoms with Gasteiger partial charge in [0.25, 0.3) is 6.71 Å². The second kappa shape index (κ2) is 20.0. The van der Waals surface area contributed by atoms with Crippen molar-refractivity contribution >= 4 is 118 Å². The average molecular weight is 1140 g/mol.